The SMILES string of the molecule is COc1ccc(CN(C(=S)Nc2cccc(S(=O)(=O)N(C)C)c2)C2CC2)cc1. The molecule has 2 aromatic rings. The molecular weight excluding hydrogens is 394 g/mol. The maximum Gasteiger partial charge on any atom is 0.242 e. The Bertz CT molecular complexity index is 939. The van der Waals surface area contributed by atoms with Gasteiger partial charge in [0.2, 0.25) is 10.0 Å². The molecule has 0 bridgehead atoms. The highest BCUT2D eigenvalue weighted by Gasteiger charge is 2.31. The van der Waals surface area contributed by atoms with E-state index in [9.17, 15) is 8.42 Å². The van der Waals surface area contributed by atoms with Gasteiger partial charge in [0.25, 0.3) is 0 Å². The van der Waals surface area contributed by atoms with Crippen molar-refractivity contribution in [2.45, 2.75) is 30.3 Å². The van der Waals surface area contributed by atoms with Crippen molar-refractivity contribution >= 4 is 33.0 Å². The van der Waals surface area contributed by atoms with Gasteiger partial charge in [0.1, 0.15) is 5.75 Å². The van der Waals surface area contributed by atoms with Crippen LogP contribution in [0.25, 0.3) is 0 Å². The van der Waals surface area contributed by atoms with Gasteiger partial charge in [-0.15, -0.1) is 0 Å². The van der Waals surface area contributed by atoms with Gasteiger partial charge in [-0.3, -0.25) is 0 Å². The Kier molecular flexibility index (Phi) is 6.22. The Morgan fingerprint density at radius 2 is 1.86 bits per heavy atom. The zero-order valence-electron chi connectivity index (χ0n) is 16.3. The Morgan fingerprint density at radius 1 is 1.18 bits per heavy atom. The van der Waals surface area contributed by atoms with Crippen LogP contribution in [0.15, 0.2) is 53.4 Å². The van der Waals surface area contributed by atoms with Crippen LogP contribution >= 0.6 is 12.2 Å². The normalized spacial score (nSPS) is 14.0. The summed E-state index contributed by atoms with van der Waals surface area (Å²) in [6, 6.07) is 15.1. The summed E-state index contributed by atoms with van der Waals surface area (Å²) < 4.78 is 31.1. The van der Waals surface area contributed by atoms with Crippen LogP contribution in [0.5, 0.6) is 5.75 Å². The summed E-state index contributed by atoms with van der Waals surface area (Å²) >= 11 is 5.64. The van der Waals surface area contributed by atoms with Gasteiger partial charge in [-0.25, -0.2) is 12.7 Å². The van der Waals surface area contributed by atoms with Gasteiger partial charge in [-0.05, 0) is 61.0 Å². The summed E-state index contributed by atoms with van der Waals surface area (Å²) in [5, 5.41) is 3.80. The third-order valence-electron chi connectivity index (χ3n) is 4.62. The monoisotopic (exact) mass is 419 g/mol. The first-order valence-electron chi connectivity index (χ1n) is 9.04. The fourth-order valence-electron chi connectivity index (χ4n) is 2.82. The first-order valence-corrected chi connectivity index (χ1v) is 10.9. The van der Waals surface area contributed by atoms with Gasteiger partial charge in [0, 0.05) is 32.4 Å². The molecule has 8 heteroatoms. The zero-order chi connectivity index (χ0) is 20.3. The van der Waals surface area contributed by atoms with Crippen molar-refractivity contribution < 1.29 is 13.2 Å². The lowest BCUT2D eigenvalue weighted by Gasteiger charge is -2.26. The quantitative estimate of drug-likeness (QED) is 0.695. The zero-order valence-corrected chi connectivity index (χ0v) is 17.9. The Morgan fingerprint density at radius 3 is 2.43 bits per heavy atom. The minimum Gasteiger partial charge on any atom is -0.497 e. The van der Waals surface area contributed by atoms with E-state index in [4.69, 9.17) is 17.0 Å². The van der Waals surface area contributed by atoms with Crippen LogP contribution in [0, 0.1) is 0 Å². The number of nitrogens with zero attached hydrogens (tertiary/aromatic N) is 2. The lowest BCUT2D eigenvalue weighted by Crippen LogP contribution is -2.36. The van der Waals surface area contributed by atoms with E-state index in [0.29, 0.717) is 23.4 Å². The number of anilines is 1. The number of ether oxygens (including phenoxy) is 1. The van der Waals surface area contributed by atoms with Crippen molar-refractivity contribution in [3.05, 3.63) is 54.1 Å². The van der Waals surface area contributed by atoms with E-state index in [-0.39, 0.29) is 4.90 Å². The second-order valence-electron chi connectivity index (χ2n) is 6.95. The van der Waals surface area contributed by atoms with Crippen molar-refractivity contribution in [1.29, 1.82) is 0 Å². The molecule has 6 nitrogen and oxygen atoms in total. The highest BCUT2D eigenvalue weighted by atomic mass is 32.2. The summed E-state index contributed by atoms with van der Waals surface area (Å²) in [7, 11) is 1.19. The molecule has 0 aliphatic heterocycles. The molecule has 0 atom stereocenters. The van der Waals surface area contributed by atoms with Crippen LogP contribution in [-0.2, 0) is 16.6 Å². The molecule has 1 aliphatic carbocycles. The first-order chi connectivity index (χ1) is 13.3. The molecule has 0 heterocycles. The lowest BCUT2D eigenvalue weighted by atomic mass is 10.2. The van der Waals surface area contributed by atoms with Gasteiger partial charge in [0.05, 0.1) is 12.0 Å². The number of nitrogens with one attached hydrogen (secondary N) is 1. The summed E-state index contributed by atoms with van der Waals surface area (Å²) in [4.78, 5) is 2.39. The van der Waals surface area contributed by atoms with Crippen molar-refractivity contribution in [1.82, 2.24) is 9.21 Å². The predicted octanol–water partition coefficient (Wildman–Crippen LogP) is 3.31. The largest absolute Gasteiger partial charge is 0.497 e. The van der Waals surface area contributed by atoms with Crippen molar-refractivity contribution in [3.8, 4) is 5.75 Å². The van der Waals surface area contributed by atoms with Crippen molar-refractivity contribution in [2.75, 3.05) is 26.5 Å². The Hall–Kier alpha value is -2.16. The Balaban J connectivity index is 1.74. The second kappa shape index (κ2) is 8.46. The molecule has 1 fully saturated rings. The minimum absolute atomic E-state index is 0.235. The van der Waals surface area contributed by atoms with Gasteiger partial charge in [-0.1, -0.05) is 18.2 Å². The standard InChI is InChI=1S/C20H25N3O3S2/c1-22(2)28(24,25)19-6-4-5-16(13-19)21-20(27)23(17-9-10-17)14-15-7-11-18(26-3)12-8-15/h4-8,11-13,17H,9-10,14H2,1-3H3,(H,21,27). The van der Waals surface area contributed by atoms with Crippen LogP contribution in [0.1, 0.15) is 18.4 Å². The average Bonchev–Trinajstić information content (AvgIpc) is 3.51. The number of sulfonamides is 1. The molecule has 3 rings (SSSR count). The predicted molar refractivity (Wildman–Crippen MR) is 115 cm³/mol. The molecule has 150 valence electrons. The minimum atomic E-state index is -3.49. The van der Waals surface area contributed by atoms with E-state index < -0.39 is 10.0 Å². The first kappa shape index (κ1) is 20.6. The number of hydrogen-bond acceptors (Lipinski definition) is 4. The molecule has 0 radical (unpaired) electrons. The summed E-state index contributed by atoms with van der Waals surface area (Å²) in [6.07, 6.45) is 2.21. The molecule has 28 heavy (non-hydrogen) atoms. The third kappa shape index (κ3) is 4.81. The van der Waals surface area contributed by atoms with Crippen LogP contribution in [0.3, 0.4) is 0 Å². The lowest BCUT2D eigenvalue weighted by molar-refractivity contribution is 0.405. The molecule has 0 aromatic heterocycles. The smallest absolute Gasteiger partial charge is 0.242 e. The molecular formula is C20H25N3O3S2. The Labute approximate surface area is 172 Å². The molecule has 0 saturated heterocycles. The van der Waals surface area contributed by atoms with Gasteiger partial charge in [0.15, 0.2) is 5.11 Å². The number of benzene rings is 2. The fraction of sp³-hybridized carbons (Fsp3) is 0.350. The maximum absolute atomic E-state index is 12.4. The van der Waals surface area contributed by atoms with Crippen molar-refractivity contribution in [3.63, 3.8) is 0 Å². The highest BCUT2D eigenvalue weighted by Crippen LogP contribution is 2.30. The molecule has 1 aliphatic rings. The van der Waals surface area contributed by atoms with Crippen LogP contribution in [-0.4, -0.2) is 50.0 Å². The number of methoxy groups -OCH3 is 1. The van der Waals surface area contributed by atoms with Gasteiger partial charge < -0.3 is 15.0 Å². The summed E-state index contributed by atoms with van der Waals surface area (Å²) in [5.41, 5.74) is 1.80. The molecule has 2 aromatic carbocycles. The van der Waals surface area contributed by atoms with Crippen molar-refractivity contribution in [2.24, 2.45) is 0 Å². The second-order valence-corrected chi connectivity index (χ2v) is 9.49. The fourth-order valence-corrected chi connectivity index (χ4v) is 4.10. The van der Waals surface area contributed by atoms with Gasteiger partial charge in [-0.2, -0.15) is 0 Å². The third-order valence-corrected chi connectivity index (χ3v) is 6.77. The summed E-state index contributed by atoms with van der Waals surface area (Å²) in [6.45, 7) is 0.691. The highest BCUT2D eigenvalue weighted by molar-refractivity contribution is 7.89. The average molecular weight is 420 g/mol. The summed E-state index contributed by atoms with van der Waals surface area (Å²) in [5.74, 6) is 0.821. The number of rotatable bonds is 7. The molecule has 1 N–H and O–H groups in total. The molecule has 0 amide bonds. The number of hydrogen-bond donors (Lipinski definition) is 1. The van der Waals surface area contributed by atoms with Gasteiger partial charge >= 0.3 is 0 Å². The molecule has 1 saturated carbocycles. The molecule has 0 unspecified atom stereocenters. The maximum atomic E-state index is 12.4. The van der Waals surface area contributed by atoms with E-state index in [1.54, 1.807) is 25.3 Å². The van der Waals surface area contributed by atoms with E-state index in [1.807, 2.05) is 30.3 Å². The van der Waals surface area contributed by atoms with Crippen LogP contribution < -0.4 is 10.1 Å². The van der Waals surface area contributed by atoms with E-state index >= 15 is 0 Å². The van der Waals surface area contributed by atoms with Crippen LogP contribution in [0.4, 0.5) is 5.69 Å². The van der Waals surface area contributed by atoms with E-state index in [1.165, 1.54) is 18.4 Å². The van der Waals surface area contributed by atoms with E-state index in [0.717, 1.165) is 24.2 Å². The topological polar surface area (TPSA) is 61.9 Å². The van der Waals surface area contributed by atoms with E-state index in [2.05, 4.69) is 10.2 Å². The molecule has 0 spiro atoms. The number of thiocarbonyl (C=S) groups is 1. The van der Waals surface area contributed by atoms with Crippen LogP contribution in [0.2, 0.25) is 0 Å².